The van der Waals surface area contributed by atoms with Gasteiger partial charge in [0.05, 0.1) is 9.82 Å². The molecule has 0 saturated carbocycles. The highest BCUT2D eigenvalue weighted by Gasteiger charge is 2.20. The van der Waals surface area contributed by atoms with Crippen LogP contribution < -0.4 is 10.0 Å². The van der Waals surface area contributed by atoms with Crippen molar-refractivity contribution in [1.29, 1.82) is 0 Å². The van der Waals surface area contributed by atoms with Gasteiger partial charge in [0.1, 0.15) is 5.69 Å². The molecule has 8 heteroatoms. The maximum atomic E-state index is 11.9. The van der Waals surface area contributed by atoms with Crippen LogP contribution in [0.3, 0.4) is 0 Å². The van der Waals surface area contributed by atoms with Gasteiger partial charge in [-0.3, -0.25) is 10.1 Å². The van der Waals surface area contributed by atoms with Gasteiger partial charge < -0.3 is 5.32 Å². The van der Waals surface area contributed by atoms with Crippen molar-refractivity contribution < 1.29 is 13.3 Å². The molecule has 2 N–H and O–H groups in total. The first-order chi connectivity index (χ1) is 9.42. The highest BCUT2D eigenvalue weighted by Crippen LogP contribution is 2.27. The van der Waals surface area contributed by atoms with Crippen molar-refractivity contribution in [2.75, 3.05) is 18.4 Å². The van der Waals surface area contributed by atoms with Crippen LogP contribution in [-0.4, -0.2) is 26.4 Å². The Bertz CT molecular complexity index is 572. The Kier molecular flexibility index (Phi) is 5.90. The average molecular weight is 301 g/mol. The summed E-state index contributed by atoms with van der Waals surface area (Å²) in [5, 5.41) is 13.9. The zero-order valence-corrected chi connectivity index (χ0v) is 12.4. The van der Waals surface area contributed by atoms with E-state index in [1.165, 1.54) is 12.1 Å². The van der Waals surface area contributed by atoms with Gasteiger partial charge in [0.15, 0.2) is 0 Å². The quantitative estimate of drug-likeness (QED) is 0.565. The molecule has 0 aliphatic heterocycles. The SMILES string of the molecule is CCCNc1ccc(S(=O)(=O)NCCC)cc1[N+](=O)[O-]. The van der Waals surface area contributed by atoms with E-state index in [1.807, 2.05) is 13.8 Å². The largest absolute Gasteiger partial charge is 0.380 e. The molecule has 0 saturated heterocycles. The Morgan fingerprint density at radius 2 is 1.85 bits per heavy atom. The number of nitro benzene ring substituents is 1. The minimum atomic E-state index is -3.70. The van der Waals surface area contributed by atoms with Crippen molar-refractivity contribution in [3.05, 3.63) is 28.3 Å². The van der Waals surface area contributed by atoms with Crippen LogP contribution in [0.2, 0.25) is 0 Å². The molecule has 0 aliphatic carbocycles. The molecular formula is C12H19N3O4S. The van der Waals surface area contributed by atoms with E-state index in [1.54, 1.807) is 0 Å². The van der Waals surface area contributed by atoms with E-state index in [2.05, 4.69) is 10.0 Å². The predicted molar refractivity (Wildman–Crippen MR) is 77.4 cm³/mol. The Labute approximate surface area is 118 Å². The number of sulfonamides is 1. The first-order valence-corrected chi connectivity index (χ1v) is 7.92. The highest BCUT2D eigenvalue weighted by atomic mass is 32.2. The predicted octanol–water partition coefficient (Wildman–Crippen LogP) is 2.10. The van der Waals surface area contributed by atoms with Gasteiger partial charge in [-0.05, 0) is 25.0 Å². The number of nitro groups is 1. The van der Waals surface area contributed by atoms with E-state index in [0.717, 1.165) is 12.5 Å². The molecule has 0 amide bonds. The monoisotopic (exact) mass is 301 g/mol. The Balaban J connectivity index is 3.13. The van der Waals surface area contributed by atoms with Gasteiger partial charge in [-0.1, -0.05) is 13.8 Å². The van der Waals surface area contributed by atoms with E-state index in [-0.39, 0.29) is 10.6 Å². The molecular weight excluding hydrogens is 282 g/mol. The molecule has 1 rings (SSSR count). The third-order valence-corrected chi connectivity index (χ3v) is 4.04. The smallest absolute Gasteiger partial charge is 0.293 e. The van der Waals surface area contributed by atoms with Crippen molar-refractivity contribution >= 4 is 21.4 Å². The van der Waals surface area contributed by atoms with Crippen molar-refractivity contribution in [3.63, 3.8) is 0 Å². The Hall–Kier alpha value is -1.67. The van der Waals surface area contributed by atoms with Gasteiger partial charge in [-0.25, -0.2) is 13.1 Å². The van der Waals surface area contributed by atoms with Crippen LogP contribution in [-0.2, 0) is 10.0 Å². The lowest BCUT2D eigenvalue weighted by Crippen LogP contribution is -2.24. The standard InChI is InChI=1S/C12H19N3O4S/c1-3-7-13-11-6-5-10(9-12(11)15(16)17)20(18,19)14-8-4-2/h5-6,9,13-14H,3-4,7-8H2,1-2H3. The summed E-state index contributed by atoms with van der Waals surface area (Å²) in [4.78, 5) is 10.3. The first-order valence-electron chi connectivity index (χ1n) is 6.44. The van der Waals surface area contributed by atoms with Crippen LogP contribution in [0.4, 0.5) is 11.4 Å². The maximum absolute atomic E-state index is 11.9. The molecule has 7 nitrogen and oxygen atoms in total. The Morgan fingerprint density at radius 1 is 1.20 bits per heavy atom. The molecule has 0 aromatic heterocycles. The van der Waals surface area contributed by atoms with Crippen molar-refractivity contribution in [3.8, 4) is 0 Å². The van der Waals surface area contributed by atoms with Crippen LogP contribution in [0, 0.1) is 10.1 Å². The van der Waals surface area contributed by atoms with Crippen LogP contribution in [0.15, 0.2) is 23.1 Å². The second-order valence-corrected chi connectivity index (χ2v) is 6.03. The van der Waals surface area contributed by atoms with E-state index in [4.69, 9.17) is 0 Å². The molecule has 0 radical (unpaired) electrons. The van der Waals surface area contributed by atoms with E-state index in [9.17, 15) is 18.5 Å². The molecule has 0 unspecified atom stereocenters. The number of nitrogens with zero attached hydrogens (tertiary/aromatic N) is 1. The topological polar surface area (TPSA) is 101 Å². The number of nitrogens with one attached hydrogen (secondary N) is 2. The fourth-order valence-corrected chi connectivity index (χ4v) is 2.71. The average Bonchev–Trinajstić information content (AvgIpc) is 2.42. The summed E-state index contributed by atoms with van der Waals surface area (Å²) in [6.45, 7) is 4.65. The summed E-state index contributed by atoms with van der Waals surface area (Å²) >= 11 is 0. The van der Waals surface area contributed by atoms with Gasteiger partial charge >= 0.3 is 0 Å². The third-order valence-electron chi connectivity index (χ3n) is 2.58. The molecule has 0 aliphatic rings. The van der Waals surface area contributed by atoms with E-state index in [0.29, 0.717) is 25.2 Å². The number of hydrogen-bond donors (Lipinski definition) is 2. The molecule has 0 heterocycles. The normalized spacial score (nSPS) is 11.3. The lowest BCUT2D eigenvalue weighted by Gasteiger charge is -2.09. The molecule has 0 spiro atoms. The van der Waals surface area contributed by atoms with Crippen LogP contribution >= 0.6 is 0 Å². The number of anilines is 1. The van der Waals surface area contributed by atoms with Gasteiger partial charge in [0, 0.05) is 19.2 Å². The molecule has 0 fully saturated rings. The molecule has 20 heavy (non-hydrogen) atoms. The zero-order valence-electron chi connectivity index (χ0n) is 11.5. The minimum Gasteiger partial charge on any atom is -0.380 e. The molecule has 112 valence electrons. The summed E-state index contributed by atoms with van der Waals surface area (Å²) in [5.74, 6) is 0. The number of hydrogen-bond acceptors (Lipinski definition) is 5. The zero-order chi connectivity index (χ0) is 15.2. The fourth-order valence-electron chi connectivity index (χ4n) is 1.56. The summed E-state index contributed by atoms with van der Waals surface area (Å²) in [5.41, 5.74) is 0.0871. The third kappa shape index (κ3) is 4.17. The first kappa shape index (κ1) is 16.4. The maximum Gasteiger partial charge on any atom is 0.293 e. The van der Waals surface area contributed by atoms with Gasteiger partial charge in [-0.2, -0.15) is 0 Å². The summed E-state index contributed by atoms with van der Waals surface area (Å²) < 4.78 is 26.3. The highest BCUT2D eigenvalue weighted by molar-refractivity contribution is 7.89. The van der Waals surface area contributed by atoms with Gasteiger partial charge in [0.2, 0.25) is 10.0 Å². The molecule has 0 bridgehead atoms. The number of rotatable bonds is 8. The summed E-state index contributed by atoms with van der Waals surface area (Å²) in [6, 6.07) is 3.87. The van der Waals surface area contributed by atoms with Crippen LogP contribution in [0.5, 0.6) is 0 Å². The minimum absolute atomic E-state index is 0.0975. The lowest BCUT2D eigenvalue weighted by atomic mass is 10.2. The summed E-state index contributed by atoms with van der Waals surface area (Å²) in [6.07, 6.45) is 1.47. The summed E-state index contributed by atoms with van der Waals surface area (Å²) in [7, 11) is -3.70. The molecule has 1 aromatic rings. The van der Waals surface area contributed by atoms with E-state index >= 15 is 0 Å². The molecule has 1 aromatic carbocycles. The lowest BCUT2D eigenvalue weighted by molar-refractivity contribution is -0.384. The second-order valence-electron chi connectivity index (χ2n) is 4.26. The van der Waals surface area contributed by atoms with Crippen molar-refractivity contribution in [2.45, 2.75) is 31.6 Å². The fraction of sp³-hybridized carbons (Fsp3) is 0.500. The van der Waals surface area contributed by atoms with Crippen LogP contribution in [0.1, 0.15) is 26.7 Å². The second kappa shape index (κ2) is 7.20. The van der Waals surface area contributed by atoms with Gasteiger partial charge in [0.25, 0.3) is 5.69 Å². The molecule has 0 atom stereocenters. The number of benzene rings is 1. The van der Waals surface area contributed by atoms with Crippen LogP contribution in [0.25, 0.3) is 0 Å². The van der Waals surface area contributed by atoms with Crippen molar-refractivity contribution in [2.24, 2.45) is 0 Å². The van der Waals surface area contributed by atoms with Crippen molar-refractivity contribution in [1.82, 2.24) is 4.72 Å². The Morgan fingerprint density at radius 3 is 2.40 bits per heavy atom. The van der Waals surface area contributed by atoms with E-state index < -0.39 is 14.9 Å². The van der Waals surface area contributed by atoms with Gasteiger partial charge in [-0.15, -0.1) is 0 Å².